The van der Waals surface area contributed by atoms with Crippen molar-refractivity contribution < 1.29 is 19.1 Å². The van der Waals surface area contributed by atoms with Crippen molar-refractivity contribution in [3.63, 3.8) is 0 Å². The zero-order valence-electron chi connectivity index (χ0n) is 8.29. The van der Waals surface area contributed by atoms with Crippen LogP contribution in [-0.4, -0.2) is 29.6 Å². The molecule has 84 valence electrons. The molecule has 1 aliphatic heterocycles. The lowest BCUT2D eigenvalue weighted by Crippen LogP contribution is -2.21. The van der Waals surface area contributed by atoms with Crippen LogP contribution in [0.4, 0.5) is 0 Å². The Morgan fingerprint density at radius 3 is 3.19 bits per heavy atom. The fourth-order valence-electron chi connectivity index (χ4n) is 1.22. The van der Waals surface area contributed by atoms with E-state index in [0.717, 1.165) is 0 Å². The van der Waals surface area contributed by atoms with Gasteiger partial charge in [-0.3, -0.25) is 0 Å². The molecular weight excluding hydrogens is 230 g/mol. The van der Waals surface area contributed by atoms with Crippen LogP contribution in [0.3, 0.4) is 0 Å². The van der Waals surface area contributed by atoms with Gasteiger partial charge in [0.1, 0.15) is 0 Å². The second-order valence-corrected chi connectivity index (χ2v) is 3.85. The third-order valence-electron chi connectivity index (χ3n) is 1.99. The molecule has 2 heterocycles. The van der Waals surface area contributed by atoms with Gasteiger partial charge in [-0.05, 0) is 6.08 Å². The van der Waals surface area contributed by atoms with Gasteiger partial charge in [0.05, 0.1) is 17.8 Å². The van der Waals surface area contributed by atoms with Crippen molar-refractivity contribution >= 4 is 29.4 Å². The predicted molar refractivity (Wildman–Crippen MR) is 56.6 cm³/mol. The van der Waals surface area contributed by atoms with Gasteiger partial charge < -0.3 is 9.47 Å². The highest BCUT2D eigenvalue weighted by molar-refractivity contribution is 7.07. The van der Waals surface area contributed by atoms with E-state index < -0.39 is 18.0 Å². The van der Waals surface area contributed by atoms with Crippen molar-refractivity contribution in [2.45, 2.75) is 12.5 Å². The van der Waals surface area contributed by atoms with Crippen LogP contribution in [0.25, 0.3) is 6.08 Å². The molecule has 2 rings (SSSR count). The average molecular weight is 239 g/mol. The molecule has 5 nitrogen and oxygen atoms in total. The summed E-state index contributed by atoms with van der Waals surface area (Å²) >= 11 is 1.44. The van der Waals surface area contributed by atoms with Crippen molar-refractivity contribution in [3.8, 4) is 0 Å². The van der Waals surface area contributed by atoms with Gasteiger partial charge in [0, 0.05) is 17.9 Å². The Hall–Kier alpha value is -1.69. The Balaban J connectivity index is 1.87. The highest BCUT2D eigenvalue weighted by Crippen LogP contribution is 2.11. The molecule has 0 bridgehead atoms. The van der Waals surface area contributed by atoms with Crippen LogP contribution in [0.5, 0.6) is 0 Å². The highest BCUT2D eigenvalue weighted by Gasteiger charge is 2.29. The highest BCUT2D eigenvalue weighted by atomic mass is 32.1. The average Bonchev–Trinajstić information content (AvgIpc) is 2.88. The maximum atomic E-state index is 11.3. The maximum absolute atomic E-state index is 11.3. The number of rotatable bonds is 3. The van der Waals surface area contributed by atoms with Crippen molar-refractivity contribution in [1.29, 1.82) is 0 Å². The largest absolute Gasteiger partial charge is 0.463 e. The van der Waals surface area contributed by atoms with Crippen molar-refractivity contribution in [2.24, 2.45) is 0 Å². The minimum Gasteiger partial charge on any atom is -0.463 e. The molecule has 0 saturated carbocycles. The smallest absolute Gasteiger partial charge is 0.347 e. The second-order valence-electron chi connectivity index (χ2n) is 3.13. The Morgan fingerprint density at radius 1 is 1.69 bits per heavy atom. The predicted octanol–water partition coefficient (Wildman–Crippen LogP) is 1.01. The molecule has 1 aromatic heterocycles. The van der Waals surface area contributed by atoms with E-state index in [1.165, 1.54) is 17.4 Å². The summed E-state index contributed by atoms with van der Waals surface area (Å²) in [6, 6.07) is 0. The standard InChI is InChI=1S/C10H9NO4S/c12-9(2-1-7-5-16-6-11-7)15-8-3-4-14-10(8)13/h1-2,5-6,8H,3-4H2. The fraction of sp³-hybridized carbons (Fsp3) is 0.300. The summed E-state index contributed by atoms with van der Waals surface area (Å²) in [6.07, 6.45) is 2.46. The number of hydrogen-bond donors (Lipinski definition) is 0. The Morgan fingerprint density at radius 2 is 2.56 bits per heavy atom. The van der Waals surface area contributed by atoms with E-state index in [1.54, 1.807) is 17.0 Å². The van der Waals surface area contributed by atoms with Crippen LogP contribution in [0.1, 0.15) is 12.1 Å². The van der Waals surface area contributed by atoms with Gasteiger partial charge in [0.2, 0.25) is 6.10 Å². The Labute approximate surface area is 95.7 Å². The summed E-state index contributed by atoms with van der Waals surface area (Å²) < 4.78 is 9.56. The molecule has 1 unspecified atom stereocenters. The summed E-state index contributed by atoms with van der Waals surface area (Å²) in [7, 11) is 0. The normalized spacial score (nSPS) is 20.0. The molecule has 0 spiro atoms. The summed E-state index contributed by atoms with van der Waals surface area (Å²) in [4.78, 5) is 26.3. The summed E-state index contributed by atoms with van der Waals surface area (Å²) in [5.74, 6) is -1.03. The Kier molecular flexibility index (Phi) is 3.31. The van der Waals surface area contributed by atoms with Gasteiger partial charge in [-0.25, -0.2) is 14.6 Å². The number of ether oxygens (including phenoxy) is 2. The quantitative estimate of drug-likeness (QED) is 0.582. The van der Waals surface area contributed by atoms with E-state index in [9.17, 15) is 9.59 Å². The minimum absolute atomic E-state index is 0.312. The SMILES string of the molecule is O=C(C=Cc1cscn1)OC1CCOC1=O. The van der Waals surface area contributed by atoms with E-state index in [-0.39, 0.29) is 0 Å². The van der Waals surface area contributed by atoms with Crippen LogP contribution in [-0.2, 0) is 19.1 Å². The van der Waals surface area contributed by atoms with Crippen LogP contribution in [0, 0.1) is 0 Å². The second kappa shape index (κ2) is 4.89. The lowest BCUT2D eigenvalue weighted by atomic mass is 10.3. The number of cyclic esters (lactones) is 1. The number of thiazole rings is 1. The van der Waals surface area contributed by atoms with Crippen molar-refractivity contribution in [2.75, 3.05) is 6.61 Å². The van der Waals surface area contributed by atoms with Gasteiger partial charge in [-0.2, -0.15) is 0 Å². The van der Waals surface area contributed by atoms with Gasteiger partial charge >= 0.3 is 11.9 Å². The number of nitrogens with zero attached hydrogens (tertiary/aromatic N) is 1. The van der Waals surface area contributed by atoms with Gasteiger partial charge in [0.25, 0.3) is 0 Å². The van der Waals surface area contributed by atoms with Crippen LogP contribution in [0.2, 0.25) is 0 Å². The van der Waals surface area contributed by atoms with E-state index in [2.05, 4.69) is 9.72 Å². The lowest BCUT2D eigenvalue weighted by Gasteiger charge is -2.04. The molecular formula is C10H9NO4S. The minimum atomic E-state index is -0.757. The first-order chi connectivity index (χ1) is 7.75. The van der Waals surface area contributed by atoms with Crippen LogP contribution >= 0.6 is 11.3 Å². The first-order valence-corrected chi connectivity index (χ1v) is 5.63. The molecule has 0 aromatic carbocycles. The molecule has 1 saturated heterocycles. The van der Waals surface area contributed by atoms with E-state index in [0.29, 0.717) is 18.7 Å². The molecule has 1 atom stereocenters. The summed E-state index contributed by atoms with van der Waals surface area (Å²) in [5.41, 5.74) is 2.36. The summed E-state index contributed by atoms with van der Waals surface area (Å²) in [6.45, 7) is 0.312. The van der Waals surface area contributed by atoms with E-state index in [1.807, 2.05) is 0 Å². The van der Waals surface area contributed by atoms with E-state index >= 15 is 0 Å². The number of esters is 2. The van der Waals surface area contributed by atoms with Gasteiger partial charge in [0.15, 0.2) is 0 Å². The molecule has 6 heteroatoms. The lowest BCUT2D eigenvalue weighted by molar-refractivity contribution is -0.156. The van der Waals surface area contributed by atoms with Crippen LogP contribution < -0.4 is 0 Å². The molecule has 1 aliphatic rings. The molecule has 0 aliphatic carbocycles. The van der Waals surface area contributed by atoms with E-state index in [4.69, 9.17) is 4.74 Å². The maximum Gasteiger partial charge on any atom is 0.347 e. The van der Waals surface area contributed by atoms with Crippen LogP contribution in [0.15, 0.2) is 17.0 Å². The topological polar surface area (TPSA) is 65.5 Å². The summed E-state index contributed by atoms with van der Waals surface area (Å²) in [5, 5.41) is 1.80. The van der Waals surface area contributed by atoms with Crippen molar-refractivity contribution in [1.82, 2.24) is 4.98 Å². The molecule has 1 fully saturated rings. The molecule has 0 radical (unpaired) electrons. The number of carbonyl (C=O) groups excluding carboxylic acids is 2. The van der Waals surface area contributed by atoms with Crippen molar-refractivity contribution in [3.05, 3.63) is 22.7 Å². The van der Waals surface area contributed by atoms with Gasteiger partial charge in [-0.15, -0.1) is 11.3 Å². The third-order valence-corrected chi connectivity index (χ3v) is 2.59. The number of hydrogen-bond acceptors (Lipinski definition) is 6. The monoisotopic (exact) mass is 239 g/mol. The number of carbonyl (C=O) groups is 2. The third kappa shape index (κ3) is 2.66. The molecule has 16 heavy (non-hydrogen) atoms. The molecule has 1 aromatic rings. The molecule has 0 amide bonds. The zero-order chi connectivity index (χ0) is 11.4. The number of aromatic nitrogens is 1. The molecule has 0 N–H and O–H groups in total. The zero-order valence-corrected chi connectivity index (χ0v) is 9.11. The Bertz CT molecular complexity index is 412. The fourth-order valence-corrected chi connectivity index (χ4v) is 1.74. The first-order valence-electron chi connectivity index (χ1n) is 4.69. The van der Waals surface area contributed by atoms with Gasteiger partial charge in [-0.1, -0.05) is 0 Å². The first kappa shape index (κ1) is 10.8.